The molecule has 9 nitrogen and oxygen atoms in total. The van der Waals surface area contributed by atoms with Crippen molar-refractivity contribution in [3.63, 3.8) is 0 Å². The van der Waals surface area contributed by atoms with Gasteiger partial charge in [-0.25, -0.2) is 9.07 Å². The first kappa shape index (κ1) is 23.4. The van der Waals surface area contributed by atoms with Gasteiger partial charge in [-0.2, -0.15) is 0 Å². The van der Waals surface area contributed by atoms with Gasteiger partial charge in [0.15, 0.2) is 0 Å². The van der Waals surface area contributed by atoms with Gasteiger partial charge in [0.05, 0.1) is 35.3 Å². The largest absolute Gasteiger partial charge is 0.390 e. The summed E-state index contributed by atoms with van der Waals surface area (Å²) < 4.78 is 16.0. The van der Waals surface area contributed by atoms with Gasteiger partial charge in [0.25, 0.3) is 5.91 Å². The number of likely N-dealkylation sites (tertiary alicyclic amines) is 1. The Bertz CT molecular complexity index is 1230. The molecule has 10 heteroatoms. The minimum atomic E-state index is -0.556. The number of benzene rings is 1. The smallest absolute Gasteiger partial charge is 0.254 e. The molecule has 1 amide bonds. The van der Waals surface area contributed by atoms with Gasteiger partial charge in [-0.05, 0) is 56.5 Å². The van der Waals surface area contributed by atoms with Crippen molar-refractivity contribution in [2.75, 3.05) is 25.0 Å². The van der Waals surface area contributed by atoms with Crippen LogP contribution in [0.3, 0.4) is 0 Å². The molecule has 1 saturated heterocycles. The molecule has 35 heavy (non-hydrogen) atoms. The third kappa shape index (κ3) is 5.18. The molecule has 0 spiro atoms. The Hall–Kier alpha value is -3.37. The summed E-state index contributed by atoms with van der Waals surface area (Å²) in [5.41, 5.74) is 3.36. The van der Waals surface area contributed by atoms with Crippen LogP contribution in [0.5, 0.6) is 0 Å². The third-order valence-electron chi connectivity index (χ3n) is 6.68. The molecule has 0 bridgehead atoms. The monoisotopic (exact) mass is 479 g/mol. The van der Waals surface area contributed by atoms with Crippen LogP contribution in [-0.2, 0) is 0 Å². The van der Waals surface area contributed by atoms with E-state index >= 15 is 0 Å². The lowest BCUT2D eigenvalue weighted by atomic mass is 10.0. The number of halogens is 1. The van der Waals surface area contributed by atoms with Crippen molar-refractivity contribution in [3.8, 4) is 16.9 Å². The summed E-state index contributed by atoms with van der Waals surface area (Å²) in [7, 11) is 0. The number of anilines is 1. The number of likely N-dealkylation sites (N-methyl/N-ethyl adjacent to an activating group) is 1. The summed E-state index contributed by atoms with van der Waals surface area (Å²) in [6, 6.07) is 4.87. The van der Waals surface area contributed by atoms with E-state index in [0.29, 0.717) is 23.5 Å². The second-order valence-corrected chi connectivity index (χ2v) is 9.38. The van der Waals surface area contributed by atoms with Crippen LogP contribution in [0, 0.1) is 12.7 Å². The van der Waals surface area contributed by atoms with Gasteiger partial charge in [-0.15, -0.1) is 5.10 Å². The van der Waals surface area contributed by atoms with Gasteiger partial charge in [-0.1, -0.05) is 12.1 Å². The van der Waals surface area contributed by atoms with E-state index in [1.165, 1.54) is 12.1 Å². The fraction of sp³-hybridized carbons (Fsp3) is 0.440. The highest BCUT2D eigenvalue weighted by molar-refractivity contribution is 5.95. The van der Waals surface area contributed by atoms with Gasteiger partial charge < -0.3 is 20.6 Å². The number of aryl methyl sites for hydroxylation is 1. The number of pyridine rings is 1. The number of rotatable bonds is 7. The van der Waals surface area contributed by atoms with Crippen molar-refractivity contribution >= 4 is 11.6 Å². The summed E-state index contributed by atoms with van der Waals surface area (Å²) >= 11 is 0. The number of hydrogen-bond acceptors (Lipinski definition) is 7. The molecule has 2 aromatic heterocycles. The maximum Gasteiger partial charge on any atom is 0.254 e. The SMILES string of the molecule is CCN1CC[C@H](Nc2cncc(-c3cn(-c4cc(C(=O)NC5CC5)c(F)cc4C)nn3)c2)[C@H](O)C1. The molecule has 2 fully saturated rings. The van der Waals surface area contributed by atoms with E-state index in [1.54, 1.807) is 30.2 Å². The van der Waals surface area contributed by atoms with E-state index in [1.807, 2.05) is 6.07 Å². The summed E-state index contributed by atoms with van der Waals surface area (Å²) in [6.07, 6.45) is 7.40. The lowest BCUT2D eigenvalue weighted by Gasteiger charge is -2.36. The Morgan fingerprint density at radius 2 is 2.06 bits per heavy atom. The van der Waals surface area contributed by atoms with E-state index in [-0.39, 0.29) is 17.6 Å². The number of aromatic nitrogens is 4. The number of aliphatic hydroxyl groups is 1. The molecule has 2 atom stereocenters. The number of β-amino-alcohol motifs (C(OH)–C–C–N with tert-alkyl or cyclic N) is 1. The topological polar surface area (TPSA) is 108 Å². The van der Waals surface area contributed by atoms with Crippen molar-refractivity contribution in [3.05, 3.63) is 53.7 Å². The summed E-state index contributed by atoms with van der Waals surface area (Å²) in [5.74, 6) is -0.971. The highest BCUT2D eigenvalue weighted by Gasteiger charge is 2.27. The quantitative estimate of drug-likeness (QED) is 0.478. The molecule has 3 heterocycles. The number of aliphatic hydroxyl groups excluding tert-OH is 1. The standard InChI is InChI=1S/C25H30FN7O2/c1-3-32-7-6-21(24(34)14-32)28-18-9-16(11-27-12-18)22-13-33(31-30-22)23-10-19(20(26)8-15(23)2)25(35)29-17-4-5-17/h8-13,17,21,24,28,34H,3-7,14H2,1-2H3,(H,29,35)/t21-,24+/m0/s1. The molecule has 1 aliphatic carbocycles. The number of carbonyl (C=O) groups excluding carboxylic acids is 1. The number of hydrogen-bond donors (Lipinski definition) is 3. The van der Waals surface area contributed by atoms with Crippen LogP contribution in [0.4, 0.5) is 10.1 Å². The van der Waals surface area contributed by atoms with Crippen molar-refractivity contribution < 1.29 is 14.3 Å². The fourth-order valence-corrected chi connectivity index (χ4v) is 4.41. The van der Waals surface area contributed by atoms with Crippen LogP contribution in [0.1, 0.15) is 42.1 Å². The molecule has 0 radical (unpaired) electrons. The van der Waals surface area contributed by atoms with E-state index in [0.717, 1.165) is 43.6 Å². The maximum atomic E-state index is 14.5. The molecular formula is C25H30FN7O2. The van der Waals surface area contributed by atoms with Gasteiger partial charge in [0.2, 0.25) is 0 Å². The maximum absolute atomic E-state index is 14.5. The van der Waals surface area contributed by atoms with Crippen LogP contribution >= 0.6 is 0 Å². The lowest BCUT2D eigenvalue weighted by molar-refractivity contribution is 0.0627. The second kappa shape index (κ2) is 9.71. The average Bonchev–Trinajstić information content (AvgIpc) is 3.52. The lowest BCUT2D eigenvalue weighted by Crippen LogP contribution is -2.49. The number of nitrogens with zero attached hydrogens (tertiary/aromatic N) is 5. The Morgan fingerprint density at radius 3 is 2.80 bits per heavy atom. The first-order valence-electron chi connectivity index (χ1n) is 12.1. The molecule has 1 aromatic carbocycles. The molecule has 1 saturated carbocycles. The Balaban J connectivity index is 1.35. The first-order chi connectivity index (χ1) is 16.9. The zero-order chi connectivity index (χ0) is 24.5. The summed E-state index contributed by atoms with van der Waals surface area (Å²) in [6.45, 7) is 6.37. The van der Waals surface area contributed by atoms with Crippen LogP contribution in [0.2, 0.25) is 0 Å². The Morgan fingerprint density at radius 1 is 1.23 bits per heavy atom. The average molecular weight is 480 g/mol. The van der Waals surface area contributed by atoms with Crippen molar-refractivity contribution in [1.82, 2.24) is 30.2 Å². The fourth-order valence-electron chi connectivity index (χ4n) is 4.41. The van der Waals surface area contributed by atoms with Crippen LogP contribution < -0.4 is 10.6 Å². The van der Waals surface area contributed by atoms with E-state index < -0.39 is 17.8 Å². The van der Waals surface area contributed by atoms with E-state index in [2.05, 4.69) is 37.8 Å². The van der Waals surface area contributed by atoms with Gasteiger partial charge in [0, 0.05) is 37.1 Å². The van der Waals surface area contributed by atoms with E-state index in [9.17, 15) is 14.3 Å². The Labute approximate surface area is 203 Å². The predicted octanol–water partition coefficient (Wildman–Crippen LogP) is 2.54. The molecule has 184 valence electrons. The minimum absolute atomic E-state index is 0.00454. The van der Waals surface area contributed by atoms with Crippen molar-refractivity contribution in [2.24, 2.45) is 0 Å². The van der Waals surface area contributed by atoms with Gasteiger partial charge in [0.1, 0.15) is 11.5 Å². The third-order valence-corrected chi connectivity index (χ3v) is 6.68. The number of carbonyl (C=O) groups is 1. The number of nitrogens with one attached hydrogen (secondary N) is 2. The molecular weight excluding hydrogens is 449 g/mol. The zero-order valence-electron chi connectivity index (χ0n) is 19.9. The second-order valence-electron chi connectivity index (χ2n) is 9.38. The minimum Gasteiger partial charge on any atom is -0.390 e. The number of piperidine rings is 1. The van der Waals surface area contributed by atoms with Crippen LogP contribution in [0.15, 0.2) is 36.8 Å². The zero-order valence-corrected chi connectivity index (χ0v) is 19.9. The highest BCUT2D eigenvalue weighted by Crippen LogP contribution is 2.25. The van der Waals surface area contributed by atoms with Crippen LogP contribution in [0.25, 0.3) is 16.9 Å². The molecule has 0 unspecified atom stereocenters. The first-order valence-corrected chi connectivity index (χ1v) is 12.1. The highest BCUT2D eigenvalue weighted by atomic mass is 19.1. The van der Waals surface area contributed by atoms with Gasteiger partial charge >= 0.3 is 0 Å². The van der Waals surface area contributed by atoms with Crippen LogP contribution in [-0.4, -0.2) is 73.7 Å². The molecule has 5 rings (SSSR count). The predicted molar refractivity (Wildman–Crippen MR) is 130 cm³/mol. The van der Waals surface area contributed by atoms with Crippen molar-refractivity contribution in [2.45, 2.75) is 51.3 Å². The van der Waals surface area contributed by atoms with E-state index in [4.69, 9.17) is 0 Å². The molecule has 3 N–H and O–H groups in total. The Kier molecular flexibility index (Phi) is 6.48. The molecule has 2 aliphatic rings. The summed E-state index contributed by atoms with van der Waals surface area (Å²) in [4.78, 5) is 19.0. The molecule has 1 aliphatic heterocycles. The molecule has 3 aromatic rings. The normalized spacial score (nSPS) is 20.6. The van der Waals surface area contributed by atoms with Gasteiger partial charge in [-0.3, -0.25) is 9.78 Å². The number of amides is 1. The summed E-state index contributed by atoms with van der Waals surface area (Å²) in [5, 5.41) is 25.2. The van der Waals surface area contributed by atoms with Crippen molar-refractivity contribution in [1.29, 1.82) is 0 Å².